The van der Waals surface area contributed by atoms with Gasteiger partial charge < -0.3 is 11.1 Å². The quantitative estimate of drug-likeness (QED) is 0.436. The lowest BCUT2D eigenvalue weighted by molar-refractivity contribution is 0.0566. The number of fused-ring (bicyclic) bond motifs is 1. The van der Waals surface area contributed by atoms with Crippen molar-refractivity contribution in [3.05, 3.63) is 70.8 Å². The second-order valence-corrected chi connectivity index (χ2v) is 7.13. The normalized spacial score (nSPS) is 15.5. The molecule has 1 aromatic carbocycles. The van der Waals surface area contributed by atoms with Crippen LogP contribution in [-0.2, 0) is 6.42 Å². The van der Waals surface area contributed by atoms with E-state index in [0.717, 1.165) is 42.4 Å². The molecule has 30 heavy (non-hydrogen) atoms. The highest BCUT2D eigenvalue weighted by atomic mass is 19.3. The van der Waals surface area contributed by atoms with Crippen molar-refractivity contribution in [2.75, 3.05) is 11.1 Å². The Hall–Kier alpha value is -3.80. The van der Waals surface area contributed by atoms with Gasteiger partial charge in [0.25, 0.3) is 0 Å². The smallest absolute Gasteiger partial charge is 0.333 e. The van der Waals surface area contributed by atoms with E-state index < -0.39 is 6.55 Å². The van der Waals surface area contributed by atoms with Crippen LogP contribution in [0.5, 0.6) is 0 Å². The Morgan fingerprint density at radius 2 is 2.17 bits per heavy atom. The van der Waals surface area contributed by atoms with Crippen molar-refractivity contribution in [3.63, 3.8) is 0 Å². The van der Waals surface area contributed by atoms with Crippen LogP contribution in [0, 0.1) is 16.7 Å². The highest BCUT2D eigenvalue weighted by Crippen LogP contribution is 2.32. The monoisotopic (exact) mass is 407 g/mol. The fourth-order valence-corrected chi connectivity index (χ4v) is 3.66. The Bertz CT molecular complexity index is 1150. The minimum Gasteiger partial charge on any atom is -0.398 e. The van der Waals surface area contributed by atoms with Crippen LogP contribution in [-0.4, -0.2) is 20.5 Å². The van der Waals surface area contributed by atoms with Gasteiger partial charge in [-0.15, -0.1) is 0 Å². The van der Waals surface area contributed by atoms with Crippen LogP contribution >= 0.6 is 0 Å². The lowest BCUT2D eigenvalue weighted by Gasteiger charge is -2.26. The average molecular weight is 407 g/mol. The third-order valence-electron chi connectivity index (χ3n) is 5.15. The number of nitrogen functional groups attached to an aromatic ring is 1. The van der Waals surface area contributed by atoms with Crippen LogP contribution in [0.25, 0.3) is 0 Å². The van der Waals surface area contributed by atoms with E-state index >= 15 is 0 Å². The molecule has 4 N–H and O–H groups in total. The van der Waals surface area contributed by atoms with Gasteiger partial charge in [-0.25, -0.2) is 4.68 Å². The number of aryl methyl sites for hydroxylation is 1. The molecule has 0 radical (unpaired) electrons. The van der Waals surface area contributed by atoms with Gasteiger partial charge in [0, 0.05) is 34.9 Å². The van der Waals surface area contributed by atoms with Crippen molar-refractivity contribution in [1.29, 1.82) is 10.7 Å². The van der Waals surface area contributed by atoms with E-state index in [4.69, 9.17) is 16.4 Å². The molecule has 0 spiro atoms. The average Bonchev–Trinajstić information content (AvgIpc) is 3.25. The van der Waals surface area contributed by atoms with Gasteiger partial charge in [0.05, 0.1) is 29.2 Å². The zero-order valence-electron chi connectivity index (χ0n) is 15.9. The number of halogens is 2. The molecular weight excluding hydrogens is 388 g/mol. The number of nitrogens with one attached hydrogen (secondary N) is 2. The number of aromatic nitrogens is 3. The number of benzene rings is 1. The van der Waals surface area contributed by atoms with Crippen LogP contribution < -0.4 is 11.1 Å². The Balaban J connectivity index is 1.60. The van der Waals surface area contributed by atoms with Crippen LogP contribution in [0.3, 0.4) is 0 Å². The van der Waals surface area contributed by atoms with Gasteiger partial charge in [-0.05, 0) is 49.1 Å². The standard InChI is InChI=1S/C21H19F2N7/c22-21(23)30-11-14(10-28-30)19(26)16-7-15(4-5-17(16)25)29-18-3-1-2-13-6-12(8-24)9-27-20(13)18/h4-7,9-11,18,21,26,29H,1-3,25H2/t18-/m1/s1. The molecule has 4 rings (SSSR count). The number of pyridine rings is 1. The minimum absolute atomic E-state index is 0.0175. The summed E-state index contributed by atoms with van der Waals surface area (Å²) in [6, 6.07) is 9.18. The first-order valence-electron chi connectivity index (χ1n) is 9.43. The second kappa shape index (κ2) is 7.91. The highest BCUT2D eigenvalue weighted by Gasteiger charge is 2.22. The molecule has 9 heteroatoms. The molecular formula is C21H19F2N7. The summed E-state index contributed by atoms with van der Waals surface area (Å²) in [5.41, 5.74) is 10.4. The van der Waals surface area contributed by atoms with Crippen LogP contribution in [0.15, 0.2) is 42.9 Å². The van der Waals surface area contributed by atoms with E-state index in [1.165, 1.54) is 6.20 Å². The molecule has 7 nitrogen and oxygen atoms in total. The van der Waals surface area contributed by atoms with Crippen molar-refractivity contribution in [2.45, 2.75) is 31.9 Å². The molecule has 2 heterocycles. The third-order valence-corrected chi connectivity index (χ3v) is 5.15. The van der Waals surface area contributed by atoms with E-state index in [0.29, 0.717) is 21.5 Å². The number of rotatable bonds is 5. The molecule has 1 atom stereocenters. The largest absolute Gasteiger partial charge is 0.398 e. The van der Waals surface area contributed by atoms with E-state index in [1.54, 1.807) is 18.3 Å². The Labute approximate surface area is 171 Å². The first kappa shape index (κ1) is 19.5. The number of nitrogens with zero attached hydrogens (tertiary/aromatic N) is 4. The molecule has 0 fully saturated rings. The predicted octanol–water partition coefficient (Wildman–Crippen LogP) is 4.03. The summed E-state index contributed by atoms with van der Waals surface area (Å²) in [7, 11) is 0. The summed E-state index contributed by atoms with van der Waals surface area (Å²) in [5, 5.41) is 24.5. The first-order valence-corrected chi connectivity index (χ1v) is 9.43. The molecule has 1 aliphatic carbocycles. The molecule has 3 aromatic rings. The van der Waals surface area contributed by atoms with Gasteiger partial charge in [-0.1, -0.05) is 0 Å². The SMILES string of the molecule is N#Cc1cnc2c(c1)CCC[C@H]2Nc1ccc(N)c(C(=N)c2cnn(C(F)F)c2)c1. The molecule has 0 aliphatic heterocycles. The summed E-state index contributed by atoms with van der Waals surface area (Å²) < 4.78 is 26.1. The van der Waals surface area contributed by atoms with Gasteiger partial charge in [0.15, 0.2) is 0 Å². The number of hydrogen-bond acceptors (Lipinski definition) is 6. The zero-order valence-corrected chi connectivity index (χ0v) is 15.9. The number of nitriles is 1. The zero-order chi connectivity index (χ0) is 21.3. The molecule has 0 unspecified atom stereocenters. The van der Waals surface area contributed by atoms with E-state index in [2.05, 4.69) is 21.5 Å². The van der Waals surface area contributed by atoms with Gasteiger partial charge in [-0.2, -0.15) is 19.1 Å². The molecule has 1 aliphatic rings. The minimum atomic E-state index is -2.77. The first-order chi connectivity index (χ1) is 14.5. The van der Waals surface area contributed by atoms with Gasteiger partial charge in [0.1, 0.15) is 6.07 Å². The molecule has 0 saturated heterocycles. The summed E-state index contributed by atoms with van der Waals surface area (Å²) in [4.78, 5) is 4.48. The van der Waals surface area contributed by atoms with Crippen molar-refractivity contribution in [2.24, 2.45) is 0 Å². The van der Waals surface area contributed by atoms with E-state index in [1.807, 2.05) is 12.1 Å². The van der Waals surface area contributed by atoms with Crippen molar-refractivity contribution >= 4 is 17.1 Å². The highest BCUT2D eigenvalue weighted by molar-refractivity contribution is 6.14. The van der Waals surface area contributed by atoms with Crippen molar-refractivity contribution < 1.29 is 8.78 Å². The Morgan fingerprint density at radius 1 is 1.33 bits per heavy atom. The van der Waals surface area contributed by atoms with E-state index in [-0.39, 0.29) is 17.3 Å². The van der Waals surface area contributed by atoms with Crippen molar-refractivity contribution in [3.8, 4) is 6.07 Å². The lowest BCUT2D eigenvalue weighted by Crippen LogP contribution is -2.19. The number of anilines is 2. The summed E-state index contributed by atoms with van der Waals surface area (Å²) >= 11 is 0. The number of alkyl halides is 2. The predicted molar refractivity (Wildman–Crippen MR) is 109 cm³/mol. The van der Waals surface area contributed by atoms with Crippen molar-refractivity contribution in [1.82, 2.24) is 14.8 Å². The Morgan fingerprint density at radius 3 is 2.90 bits per heavy atom. The second-order valence-electron chi connectivity index (χ2n) is 7.13. The molecule has 0 bridgehead atoms. The maximum Gasteiger partial charge on any atom is 0.333 e. The number of nitrogens with two attached hydrogens (primary N) is 1. The molecule has 152 valence electrons. The van der Waals surface area contributed by atoms with Crippen LogP contribution in [0.2, 0.25) is 0 Å². The van der Waals surface area contributed by atoms with E-state index in [9.17, 15) is 8.78 Å². The van der Waals surface area contributed by atoms with Gasteiger partial charge in [0.2, 0.25) is 0 Å². The fraction of sp³-hybridized carbons (Fsp3) is 0.238. The number of hydrogen-bond donors (Lipinski definition) is 3. The van der Waals surface area contributed by atoms with Gasteiger partial charge in [-0.3, -0.25) is 10.4 Å². The maximum absolute atomic E-state index is 12.8. The third kappa shape index (κ3) is 3.72. The summed E-state index contributed by atoms with van der Waals surface area (Å²) in [5.74, 6) is 0. The summed E-state index contributed by atoms with van der Waals surface area (Å²) in [6.45, 7) is -2.77. The lowest BCUT2D eigenvalue weighted by atomic mass is 9.90. The fourth-order valence-electron chi connectivity index (χ4n) is 3.66. The van der Waals surface area contributed by atoms with Crippen LogP contribution in [0.1, 0.15) is 53.4 Å². The molecule has 0 amide bonds. The Kier molecular flexibility index (Phi) is 5.14. The maximum atomic E-state index is 12.8. The van der Waals surface area contributed by atoms with Gasteiger partial charge >= 0.3 is 6.55 Å². The van der Waals surface area contributed by atoms with Crippen LogP contribution in [0.4, 0.5) is 20.2 Å². The summed E-state index contributed by atoms with van der Waals surface area (Å²) in [6.07, 6.45) is 6.64. The molecule has 0 saturated carbocycles. The topological polar surface area (TPSA) is 116 Å². The molecule has 2 aromatic heterocycles.